The van der Waals surface area contributed by atoms with Crippen LogP contribution in [0.15, 0.2) is 46.3 Å². The van der Waals surface area contributed by atoms with E-state index in [9.17, 15) is 4.79 Å². The van der Waals surface area contributed by atoms with Crippen molar-refractivity contribution in [2.75, 3.05) is 7.05 Å². The van der Waals surface area contributed by atoms with Gasteiger partial charge in [-0.15, -0.1) is 11.3 Å². The van der Waals surface area contributed by atoms with E-state index in [1.54, 1.807) is 16.2 Å². The summed E-state index contributed by atoms with van der Waals surface area (Å²) in [4.78, 5) is 15.0. The minimum atomic E-state index is 0.144. The molecular formula is C14H14BrNOS. The number of thiophene rings is 1. The normalized spacial score (nSPS) is 10.3. The monoisotopic (exact) mass is 323 g/mol. The summed E-state index contributed by atoms with van der Waals surface area (Å²) in [5.74, 6) is 0.144. The van der Waals surface area contributed by atoms with Gasteiger partial charge < -0.3 is 4.90 Å². The molecule has 0 radical (unpaired) electrons. The maximum Gasteiger partial charge on any atom is 0.227 e. The molecule has 4 heteroatoms. The first-order valence-electron chi connectivity index (χ1n) is 5.66. The predicted molar refractivity (Wildman–Crippen MR) is 78.6 cm³/mol. The number of carbonyl (C=O) groups excluding carboxylic acids is 1. The number of rotatable bonds is 4. The molecule has 0 saturated heterocycles. The summed E-state index contributed by atoms with van der Waals surface area (Å²) in [5, 5.41) is 2.03. The van der Waals surface area contributed by atoms with Gasteiger partial charge in [-0.05, 0) is 29.1 Å². The SMILES string of the molecule is CN(Cc1cccs1)C(=O)Cc1ccc(Br)cc1. The van der Waals surface area contributed by atoms with Gasteiger partial charge in [0.25, 0.3) is 0 Å². The summed E-state index contributed by atoms with van der Waals surface area (Å²) in [5.41, 5.74) is 1.04. The van der Waals surface area contributed by atoms with Crippen molar-refractivity contribution in [2.24, 2.45) is 0 Å². The number of likely N-dealkylation sites (N-methyl/N-ethyl adjacent to an activating group) is 1. The van der Waals surface area contributed by atoms with Gasteiger partial charge in [0.15, 0.2) is 0 Å². The summed E-state index contributed by atoms with van der Waals surface area (Å²) in [7, 11) is 1.85. The smallest absolute Gasteiger partial charge is 0.227 e. The van der Waals surface area contributed by atoms with Crippen molar-refractivity contribution in [1.29, 1.82) is 0 Å². The van der Waals surface area contributed by atoms with E-state index in [1.165, 1.54) is 4.88 Å². The van der Waals surface area contributed by atoms with Crippen molar-refractivity contribution in [1.82, 2.24) is 4.90 Å². The number of hydrogen-bond acceptors (Lipinski definition) is 2. The number of halogens is 1. The van der Waals surface area contributed by atoms with E-state index < -0.39 is 0 Å². The molecule has 1 aromatic heterocycles. The highest BCUT2D eigenvalue weighted by Crippen LogP contribution is 2.14. The van der Waals surface area contributed by atoms with Gasteiger partial charge in [0.1, 0.15) is 0 Å². The van der Waals surface area contributed by atoms with Crippen molar-refractivity contribution < 1.29 is 4.79 Å². The molecule has 0 aliphatic heterocycles. The van der Waals surface area contributed by atoms with Crippen molar-refractivity contribution in [3.05, 3.63) is 56.7 Å². The van der Waals surface area contributed by atoms with Crippen LogP contribution in [0.3, 0.4) is 0 Å². The molecular weight excluding hydrogens is 310 g/mol. The van der Waals surface area contributed by atoms with Crippen LogP contribution >= 0.6 is 27.3 Å². The van der Waals surface area contributed by atoms with Crippen LogP contribution in [0.4, 0.5) is 0 Å². The molecule has 0 spiro atoms. The third kappa shape index (κ3) is 3.68. The number of carbonyl (C=O) groups is 1. The zero-order chi connectivity index (χ0) is 13.0. The third-order valence-corrected chi connectivity index (χ3v) is 4.06. The second-order valence-electron chi connectivity index (χ2n) is 4.13. The summed E-state index contributed by atoms with van der Waals surface area (Å²) >= 11 is 5.06. The Bertz CT molecular complexity index is 507. The number of amides is 1. The molecule has 0 fully saturated rings. The first kappa shape index (κ1) is 13.3. The molecule has 0 aliphatic rings. The Morgan fingerprint density at radius 1 is 1.28 bits per heavy atom. The van der Waals surface area contributed by atoms with Crippen LogP contribution in [0, 0.1) is 0 Å². The fraction of sp³-hybridized carbons (Fsp3) is 0.214. The first-order valence-corrected chi connectivity index (χ1v) is 7.33. The Balaban J connectivity index is 1.93. The molecule has 0 unspecified atom stereocenters. The lowest BCUT2D eigenvalue weighted by atomic mass is 10.1. The minimum Gasteiger partial charge on any atom is -0.340 e. The van der Waals surface area contributed by atoms with Crippen LogP contribution in [0.1, 0.15) is 10.4 Å². The summed E-state index contributed by atoms with van der Waals surface area (Å²) in [6.07, 6.45) is 0.454. The average molecular weight is 324 g/mol. The largest absolute Gasteiger partial charge is 0.340 e. The fourth-order valence-corrected chi connectivity index (χ4v) is 2.66. The molecule has 1 heterocycles. The highest BCUT2D eigenvalue weighted by Gasteiger charge is 2.10. The molecule has 0 saturated carbocycles. The molecule has 18 heavy (non-hydrogen) atoms. The van der Waals surface area contributed by atoms with Crippen molar-refractivity contribution in [2.45, 2.75) is 13.0 Å². The van der Waals surface area contributed by atoms with Gasteiger partial charge in [-0.25, -0.2) is 0 Å². The van der Waals surface area contributed by atoms with Crippen molar-refractivity contribution >= 4 is 33.2 Å². The Morgan fingerprint density at radius 2 is 2.00 bits per heavy atom. The van der Waals surface area contributed by atoms with Crippen LogP contribution in [0.25, 0.3) is 0 Å². The number of hydrogen-bond donors (Lipinski definition) is 0. The maximum atomic E-state index is 12.0. The Morgan fingerprint density at radius 3 is 2.61 bits per heavy atom. The number of benzene rings is 1. The summed E-state index contributed by atoms with van der Waals surface area (Å²) in [6, 6.07) is 11.9. The summed E-state index contributed by atoms with van der Waals surface area (Å²) < 4.78 is 1.03. The minimum absolute atomic E-state index is 0.144. The van der Waals surface area contributed by atoms with E-state index in [0.717, 1.165) is 10.0 Å². The second-order valence-corrected chi connectivity index (χ2v) is 6.08. The molecule has 0 aliphatic carbocycles. The molecule has 2 rings (SSSR count). The lowest BCUT2D eigenvalue weighted by molar-refractivity contribution is -0.129. The van der Waals surface area contributed by atoms with Crippen molar-refractivity contribution in [3.8, 4) is 0 Å². The summed E-state index contributed by atoms with van der Waals surface area (Å²) in [6.45, 7) is 0.688. The van der Waals surface area contributed by atoms with Gasteiger partial charge >= 0.3 is 0 Å². The average Bonchev–Trinajstić information content (AvgIpc) is 2.85. The van der Waals surface area contributed by atoms with E-state index in [2.05, 4.69) is 15.9 Å². The van der Waals surface area contributed by atoms with Crippen LogP contribution in [0.2, 0.25) is 0 Å². The highest BCUT2D eigenvalue weighted by atomic mass is 79.9. The maximum absolute atomic E-state index is 12.0. The molecule has 0 N–H and O–H groups in total. The van der Waals surface area contributed by atoms with Gasteiger partial charge in [0, 0.05) is 16.4 Å². The Hall–Kier alpha value is -1.13. The number of nitrogens with zero attached hydrogens (tertiary/aromatic N) is 1. The fourth-order valence-electron chi connectivity index (χ4n) is 1.64. The molecule has 1 aromatic carbocycles. The van der Waals surface area contributed by atoms with Crippen LogP contribution in [-0.2, 0) is 17.8 Å². The zero-order valence-corrected chi connectivity index (χ0v) is 12.5. The van der Waals surface area contributed by atoms with Gasteiger partial charge in [0.05, 0.1) is 13.0 Å². The van der Waals surface area contributed by atoms with E-state index in [0.29, 0.717) is 13.0 Å². The third-order valence-electron chi connectivity index (χ3n) is 2.67. The van der Waals surface area contributed by atoms with Gasteiger partial charge in [-0.2, -0.15) is 0 Å². The lowest BCUT2D eigenvalue weighted by Gasteiger charge is -2.16. The molecule has 94 valence electrons. The second kappa shape index (κ2) is 6.16. The Labute approximate surface area is 119 Å². The van der Waals surface area contributed by atoms with Crippen molar-refractivity contribution in [3.63, 3.8) is 0 Å². The van der Waals surface area contributed by atoms with E-state index in [4.69, 9.17) is 0 Å². The molecule has 2 nitrogen and oxygen atoms in total. The van der Waals surface area contributed by atoms with Gasteiger partial charge in [-0.1, -0.05) is 34.1 Å². The van der Waals surface area contributed by atoms with E-state index in [-0.39, 0.29) is 5.91 Å². The molecule has 2 aromatic rings. The quantitative estimate of drug-likeness (QED) is 0.839. The standard InChI is InChI=1S/C14H14BrNOS/c1-16(10-13-3-2-8-18-13)14(17)9-11-4-6-12(15)7-5-11/h2-8H,9-10H2,1H3. The van der Waals surface area contributed by atoms with Gasteiger partial charge in [0.2, 0.25) is 5.91 Å². The van der Waals surface area contributed by atoms with Crippen LogP contribution in [0.5, 0.6) is 0 Å². The zero-order valence-electron chi connectivity index (χ0n) is 10.1. The van der Waals surface area contributed by atoms with Crippen LogP contribution < -0.4 is 0 Å². The predicted octanol–water partition coefficient (Wildman–Crippen LogP) is 3.71. The molecule has 1 amide bonds. The van der Waals surface area contributed by atoms with E-state index in [1.807, 2.05) is 48.8 Å². The highest BCUT2D eigenvalue weighted by molar-refractivity contribution is 9.10. The van der Waals surface area contributed by atoms with Crippen LogP contribution in [-0.4, -0.2) is 17.9 Å². The Kier molecular flexibility index (Phi) is 4.55. The van der Waals surface area contributed by atoms with Gasteiger partial charge in [-0.3, -0.25) is 4.79 Å². The molecule has 0 atom stereocenters. The molecule has 0 bridgehead atoms. The first-order chi connectivity index (χ1) is 8.65. The van der Waals surface area contributed by atoms with E-state index >= 15 is 0 Å². The topological polar surface area (TPSA) is 20.3 Å². The lowest BCUT2D eigenvalue weighted by Crippen LogP contribution is -2.27.